The first kappa shape index (κ1) is 13.3. The summed E-state index contributed by atoms with van der Waals surface area (Å²) in [4.78, 5) is 24.1. The van der Waals surface area contributed by atoms with Gasteiger partial charge in [-0.1, -0.05) is 24.3 Å². The number of cyclic esters (lactones) is 1. The van der Waals surface area contributed by atoms with Crippen molar-refractivity contribution in [3.63, 3.8) is 0 Å². The fourth-order valence-electron chi connectivity index (χ4n) is 3.69. The Bertz CT molecular complexity index is 549. The Kier molecular flexibility index (Phi) is 3.36. The average Bonchev–Trinajstić information content (AvgIpc) is 2.82. The summed E-state index contributed by atoms with van der Waals surface area (Å²) in [5, 5.41) is 0. The molecule has 0 N–H and O–H groups in total. The molecule has 2 atom stereocenters. The molecule has 2 unspecified atom stereocenters. The highest BCUT2D eigenvalue weighted by Gasteiger charge is 2.50. The van der Waals surface area contributed by atoms with Gasteiger partial charge in [-0.2, -0.15) is 0 Å². The van der Waals surface area contributed by atoms with Crippen LogP contribution in [0.2, 0.25) is 0 Å². The lowest BCUT2D eigenvalue weighted by Crippen LogP contribution is -2.36. The van der Waals surface area contributed by atoms with E-state index < -0.39 is 5.41 Å². The molecule has 1 heterocycles. The fraction of sp³-hybridized carbons (Fsp3) is 0.529. The molecule has 1 aliphatic carbocycles. The van der Waals surface area contributed by atoms with E-state index in [1.165, 1.54) is 18.1 Å². The maximum atomic E-state index is 12.1. The number of carbonyl (C=O) groups is 2. The van der Waals surface area contributed by atoms with E-state index in [9.17, 15) is 9.59 Å². The number of fused-ring (bicyclic) bond motifs is 1. The van der Waals surface area contributed by atoms with Gasteiger partial charge in [0, 0.05) is 6.42 Å². The third kappa shape index (κ3) is 2.05. The minimum absolute atomic E-state index is 0.0388. The number of hydrogen-bond acceptors (Lipinski definition) is 3. The van der Waals surface area contributed by atoms with Crippen LogP contribution >= 0.6 is 0 Å². The molecule has 3 rings (SSSR count). The molecule has 0 bridgehead atoms. The number of esters is 1. The van der Waals surface area contributed by atoms with Crippen LogP contribution in [0, 0.1) is 5.41 Å². The highest BCUT2D eigenvalue weighted by atomic mass is 16.5. The molecule has 0 saturated carbocycles. The molecule has 0 radical (unpaired) electrons. The first-order valence-electron chi connectivity index (χ1n) is 7.39. The molecule has 0 aromatic heterocycles. The molecule has 20 heavy (non-hydrogen) atoms. The Morgan fingerprint density at radius 3 is 2.90 bits per heavy atom. The smallest absolute Gasteiger partial charge is 0.319 e. The molecular weight excluding hydrogens is 252 g/mol. The van der Waals surface area contributed by atoms with Gasteiger partial charge in [-0.25, -0.2) is 0 Å². The molecule has 3 heteroatoms. The van der Waals surface area contributed by atoms with E-state index in [2.05, 4.69) is 18.2 Å². The summed E-state index contributed by atoms with van der Waals surface area (Å²) in [6, 6.07) is 8.42. The van der Waals surface area contributed by atoms with Gasteiger partial charge >= 0.3 is 5.97 Å². The number of aryl methyl sites for hydroxylation is 1. The van der Waals surface area contributed by atoms with E-state index in [1.807, 2.05) is 6.07 Å². The monoisotopic (exact) mass is 272 g/mol. The van der Waals surface area contributed by atoms with Gasteiger partial charge in [-0.3, -0.25) is 9.59 Å². The second-order valence-electron chi connectivity index (χ2n) is 6.02. The maximum absolute atomic E-state index is 12.1. The lowest BCUT2D eigenvalue weighted by Gasteiger charge is -2.31. The van der Waals surface area contributed by atoms with Gasteiger partial charge in [0.05, 0.1) is 6.61 Å². The summed E-state index contributed by atoms with van der Waals surface area (Å²) in [6.45, 7) is 1.91. The third-order valence-electron chi connectivity index (χ3n) is 4.92. The number of ketones is 1. The fourth-order valence-corrected chi connectivity index (χ4v) is 3.69. The zero-order chi connectivity index (χ0) is 14.2. The molecule has 0 spiro atoms. The Hall–Kier alpha value is -1.64. The van der Waals surface area contributed by atoms with Crippen LogP contribution in [0.5, 0.6) is 0 Å². The summed E-state index contributed by atoms with van der Waals surface area (Å²) in [7, 11) is 0. The van der Waals surface area contributed by atoms with Crippen molar-refractivity contribution in [3.05, 3.63) is 35.4 Å². The standard InChI is InChI=1S/C17H20O3/c1-12(18)17(9-10-20-16(17)19)11-14-7-4-6-13-5-2-3-8-15(13)14/h2-3,5,8,14H,4,6-7,9-11H2,1H3. The highest BCUT2D eigenvalue weighted by molar-refractivity contribution is 6.03. The zero-order valence-corrected chi connectivity index (χ0v) is 11.9. The summed E-state index contributed by atoms with van der Waals surface area (Å²) in [5.41, 5.74) is 1.79. The normalized spacial score (nSPS) is 28.9. The van der Waals surface area contributed by atoms with Gasteiger partial charge in [-0.15, -0.1) is 0 Å². The minimum Gasteiger partial charge on any atom is -0.465 e. The van der Waals surface area contributed by atoms with Gasteiger partial charge in [0.25, 0.3) is 0 Å². The number of benzene rings is 1. The molecule has 1 aromatic carbocycles. The van der Waals surface area contributed by atoms with Gasteiger partial charge < -0.3 is 4.74 Å². The van der Waals surface area contributed by atoms with E-state index in [0.29, 0.717) is 25.4 Å². The largest absolute Gasteiger partial charge is 0.465 e. The van der Waals surface area contributed by atoms with Crippen molar-refractivity contribution < 1.29 is 14.3 Å². The Morgan fingerprint density at radius 1 is 1.40 bits per heavy atom. The van der Waals surface area contributed by atoms with Crippen LogP contribution in [0.25, 0.3) is 0 Å². The van der Waals surface area contributed by atoms with Crippen LogP contribution in [0.1, 0.15) is 49.7 Å². The molecule has 1 aromatic rings. The quantitative estimate of drug-likeness (QED) is 0.627. The number of carbonyl (C=O) groups excluding carboxylic acids is 2. The van der Waals surface area contributed by atoms with Crippen molar-refractivity contribution in [3.8, 4) is 0 Å². The van der Waals surface area contributed by atoms with Crippen LogP contribution < -0.4 is 0 Å². The van der Waals surface area contributed by atoms with Gasteiger partial charge in [0.1, 0.15) is 11.2 Å². The zero-order valence-electron chi connectivity index (χ0n) is 11.9. The number of rotatable bonds is 3. The van der Waals surface area contributed by atoms with Crippen LogP contribution in [0.3, 0.4) is 0 Å². The third-order valence-corrected chi connectivity index (χ3v) is 4.92. The van der Waals surface area contributed by atoms with Crippen molar-refractivity contribution in [1.29, 1.82) is 0 Å². The maximum Gasteiger partial charge on any atom is 0.319 e. The summed E-state index contributed by atoms with van der Waals surface area (Å²) >= 11 is 0. The number of hydrogen-bond donors (Lipinski definition) is 0. The topological polar surface area (TPSA) is 43.4 Å². The summed E-state index contributed by atoms with van der Waals surface area (Å²) < 4.78 is 5.10. The van der Waals surface area contributed by atoms with E-state index in [4.69, 9.17) is 4.74 Å². The summed E-state index contributed by atoms with van der Waals surface area (Å²) in [5.74, 6) is -0.0504. The lowest BCUT2D eigenvalue weighted by molar-refractivity contribution is -0.151. The Labute approximate surface area is 119 Å². The molecule has 1 saturated heterocycles. The molecule has 1 fully saturated rings. The van der Waals surface area contributed by atoms with E-state index in [1.54, 1.807) is 0 Å². The minimum atomic E-state index is -0.894. The average molecular weight is 272 g/mol. The first-order valence-corrected chi connectivity index (χ1v) is 7.39. The summed E-state index contributed by atoms with van der Waals surface area (Å²) in [6.07, 6.45) is 4.44. The van der Waals surface area contributed by atoms with Crippen molar-refractivity contribution in [2.45, 2.75) is 44.9 Å². The van der Waals surface area contributed by atoms with Crippen LogP contribution in [-0.2, 0) is 20.7 Å². The number of Topliss-reactive ketones (excluding diaryl/α,β-unsaturated/α-hetero) is 1. The predicted octanol–water partition coefficient (Wildman–Crippen LogP) is 3.02. The second kappa shape index (κ2) is 5.04. The first-order chi connectivity index (χ1) is 9.63. The SMILES string of the molecule is CC(=O)C1(CC2CCCc3ccccc32)CCOC1=O. The molecule has 1 aliphatic heterocycles. The van der Waals surface area contributed by atoms with Crippen LogP contribution in [-0.4, -0.2) is 18.4 Å². The molecule has 3 nitrogen and oxygen atoms in total. The van der Waals surface area contributed by atoms with Crippen molar-refractivity contribution in [2.24, 2.45) is 5.41 Å². The molecule has 2 aliphatic rings. The molecule has 0 amide bonds. The van der Waals surface area contributed by atoms with Crippen molar-refractivity contribution in [2.75, 3.05) is 6.61 Å². The lowest BCUT2D eigenvalue weighted by atomic mass is 9.70. The van der Waals surface area contributed by atoms with Gasteiger partial charge in [0.2, 0.25) is 0 Å². The Morgan fingerprint density at radius 2 is 2.20 bits per heavy atom. The predicted molar refractivity (Wildman–Crippen MR) is 75.4 cm³/mol. The van der Waals surface area contributed by atoms with Crippen LogP contribution in [0.4, 0.5) is 0 Å². The van der Waals surface area contributed by atoms with E-state index in [0.717, 1.165) is 19.3 Å². The van der Waals surface area contributed by atoms with Crippen molar-refractivity contribution in [1.82, 2.24) is 0 Å². The van der Waals surface area contributed by atoms with Crippen LogP contribution in [0.15, 0.2) is 24.3 Å². The van der Waals surface area contributed by atoms with Crippen molar-refractivity contribution >= 4 is 11.8 Å². The molecular formula is C17H20O3. The van der Waals surface area contributed by atoms with Gasteiger partial charge in [-0.05, 0) is 49.7 Å². The van der Waals surface area contributed by atoms with Gasteiger partial charge in [0.15, 0.2) is 0 Å². The highest BCUT2D eigenvalue weighted by Crippen LogP contribution is 2.44. The second-order valence-corrected chi connectivity index (χ2v) is 6.02. The van der Waals surface area contributed by atoms with E-state index in [-0.39, 0.29) is 11.8 Å². The Balaban J connectivity index is 1.91. The molecule has 106 valence electrons. The van der Waals surface area contributed by atoms with E-state index >= 15 is 0 Å². The number of ether oxygens (including phenoxy) is 1.